The predicted octanol–water partition coefficient (Wildman–Crippen LogP) is 2.52. The van der Waals surface area contributed by atoms with Gasteiger partial charge in [0.25, 0.3) is 5.91 Å². The smallest absolute Gasteiger partial charge is 0.289 e. The van der Waals surface area contributed by atoms with E-state index >= 15 is 0 Å². The maximum atomic E-state index is 12.8. The zero-order valence-corrected chi connectivity index (χ0v) is 15.4. The number of benzene rings is 1. The molecule has 2 aliphatic rings. The Balaban J connectivity index is 1.36. The number of furan rings is 1. The van der Waals surface area contributed by atoms with Gasteiger partial charge in [-0.05, 0) is 48.6 Å². The summed E-state index contributed by atoms with van der Waals surface area (Å²) in [6, 6.07) is 9.44. The molecule has 3 heterocycles. The lowest BCUT2D eigenvalue weighted by molar-refractivity contribution is -0.130. The fourth-order valence-corrected chi connectivity index (χ4v) is 3.74. The van der Waals surface area contributed by atoms with Crippen LogP contribution in [-0.2, 0) is 17.6 Å². The molecule has 1 fully saturated rings. The Kier molecular flexibility index (Phi) is 5.14. The van der Waals surface area contributed by atoms with Crippen molar-refractivity contribution in [1.82, 2.24) is 9.80 Å². The number of ether oxygens (including phenoxy) is 1. The van der Waals surface area contributed by atoms with E-state index in [9.17, 15) is 9.59 Å². The molecule has 0 atom stereocenters. The molecular weight excluding hydrogens is 344 g/mol. The van der Waals surface area contributed by atoms with Crippen LogP contribution in [0.5, 0.6) is 5.75 Å². The Hall–Kier alpha value is -2.76. The number of hydrogen-bond donors (Lipinski definition) is 0. The number of aryl methyl sites for hydroxylation is 1. The number of amides is 2. The van der Waals surface area contributed by atoms with Gasteiger partial charge in [-0.25, -0.2) is 0 Å². The Morgan fingerprint density at radius 3 is 2.70 bits per heavy atom. The van der Waals surface area contributed by atoms with E-state index in [0.717, 1.165) is 37.2 Å². The summed E-state index contributed by atoms with van der Waals surface area (Å²) < 4.78 is 10.8. The van der Waals surface area contributed by atoms with Crippen LogP contribution in [0.2, 0.25) is 0 Å². The molecule has 0 spiro atoms. The maximum absolute atomic E-state index is 12.8. The van der Waals surface area contributed by atoms with Crippen molar-refractivity contribution in [2.45, 2.75) is 25.7 Å². The Labute approximate surface area is 158 Å². The Morgan fingerprint density at radius 1 is 1.00 bits per heavy atom. The van der Waals surface area contributed by atoms with Gasteiger partial charge in [-0.1, -0.05) is 12.1 Å². The van der Waals surface area contributed by atoms with Crippen LogP contribution in [0, 0.1) is 0 Å². The van der Waals surface area contributed by atoms with Crippen LogP contribution < -0.4 is 4.74 Å². The lowest BCUT2D eigenvalue weighted by Gasteiger charge is -2.22. The zero-order valence-electron chi connectivity index (χ0n) is 15.4. The first kappa shape index (κ1) is 17.6. The van der Waals surface area contributed by atoms with Gasteiger partial charge in [-0.2, -0.15) is 0 Å². The third-order valence-corrected chi connectivity index (χ3v) is 5.20. The highest BCUT2D eigenvalue weighted by atomic mass is 16.5. The molecule has 2 aromatic rings. The molecule has 6 heteroatoms. The van der Waals surface area contributed by atoms with Crippen LogP contribution in [-0.4, -0.2) is 54.4 Å². The van der Waals surface area contributed by atoms with Gasteiger partial charge in [-0.15, -0.1) is 0 Å². The van der Waals surface area contributed by atoms with Gasteiger partial charge < -0.3 is 19.0 Å². The van der Waals surface area contributed by atoms with Crippen LogP contribution in [0.15, 0.2) is 41.0 Å². The highest BCUT2D eigenvalue weighted by Gasteiger charge is 2.24. The van der Waals surface area contributed by atoms with E-state index in [1.807, 2.05) is 17.0 Å². The Morgan fingerprint density at radius 2 is 1.85 bits per heavy atom. The molecule has 1 aromatic carbocycles. The van der Waals surface area contributed by atoms with Crippen molar-refractivity contribution < 1.29 is 18.7 Å². The fraction of sp³-hybridized carbons (Fsp3) is 0.429. The van der Waals surface area contributed by atoms with Gasteiger partial charge in [0.2, 0.25) is 5.91 Å². The third-order valence-electron chi connectivity index (χ3n) is 5.20. The molecule has 0 bridgehead atoms. The average Bonchev–Trinajstić information content (AvgIpc) is 3.11. The molecule has 1 saturated heterocycles. The highest BCUT2D eigenvalue weighted by molar-refractivity contribution is 5.91. The topological polar surface area (TPSA) is 63.0 Å². The van der Waals surface area contributed by atoms with Gasteiger partial charge in [0.1, 0.15) is 5.75 Å². The number of carbonyl (C=O) groups excluding carboxylic acids is 2. The number of rotatable bonds is 3. The lowest BCUT2D eigenvalue weighted by atomic mass is 10.0. The molecule has 2 amide bonds. The third kappa shape index (κ3) is 3.99. The van der Waals surface area contributed by atoms with Crippen molar-refractivity contribution in [1.29, 1.82) is 0 Å². The molecule has 4 rings (SSSR count). The molecule has 1 aromatic heterocycles. The average molecular weight is 368 g/mol. The molecule has 0 radical (unpaired) electrons. The first-order valence-corrected chi connectivity index (χ1v) is 9.56. The van der Waals surface area contributed by atoms with Crippen molar-refractivity contribution in [2.24, 2.45) is 0 Å². The van der Waals surface area contributed by atoms with E-state index in [2.05, 4.69) is 6.07 Å². The van der Waals surface area contributed by atoms with Crippen molar-refractivity contribution in [3.05, 3.63) is 53.5 Å². The van der Waals surface area contributed by atoms with Crippen molar-refractivity contribution >= 4 is 11.8 Å². The second kappa shape index (κ2) is 7.86. The van der Waals surface area contributed by atoms with E-state index in [1.165, 1.54) is 11.8 Å². The molecule has 27 heavy (non-hydrogen) atoms. The lowest BCUT2D eigenvalue weighted by Crippen LogP contribution is -2.37. The molecular formula is C21H24N2O4. The minimum atomic E-state index is -0.107. The van der Waals surface area contributed by atoms with Crippen molar-refractivity contribution in [2.75, 3.05) is 32.8 Å². The van der Waals surface area contributed by atoms with Gasteiger partial charge in [-0.3, -0.25) is 9.59 Å². The summed E-state index contributed by atoms with van der Waals surface area (Å²) in [6.45, 7) is 3.17. The molecule has 2 aliphatic heterocycles. The molecule has 0 unspecified atom stereocenters. The summed E-state index contributed by atoms with van der Waals surface area (Å²) in [6.07, 6.45) is 4.70. The van der Waals surface area contributed by atoms with E-state index < -0.39 is 0 Å². The molecule has 0 aliphatic carbocycles. The standard InChI is InChI=1S/C21H24N2O4/c24-20(15-16-6-7-18-17(14-16)4-1-12-26-18)22-8-3-9-23(11-10-22)21(25)19-5-2-13-27-19/h2,5-7,13-14H,1,3-4,8-12,15H2. The number of carbonyl (C=O) groups is 2. The van der Waals surface area contributed by atoms with Crippen molar-refractivity contribution in [3.8, 4) is 5.75 Å². The van der Waals surface area contributed by atoms with E-state index in [-0.39, 0.29) is 11.8 Å². The van der Waals surface area contributed by atoms with Gasteiger partial charge in [0.05, 0.1) is 19.3 Å². The summed E-state index contributed by atoms with van der Waals surface area (Å²) in [5.41, 5.74) is 2.22. The normalized spacial score (nSPS) is 17.0. The monoisotopic (exact) mass is 368 g/mol. The fourth-order valence-electron chi connectivity index (χ4n) is 3.74. The SMILES string of the molecule is O=C(Cc1ccc2c(c1)CCCO2)N1CCCN(C(=O)c2ccco2)CC1. The molecule has 142 valence electrons. The Bertz CT molecular complexity index is 816. The number of hydrogen-bond acceptors (Lipinski definition) is 4. The van der Waals surface area contributed by atoms with E-state index in [0.29, 0.717) is 38.4 Å². The van der Waals surface area contributed by atoms with E-state index in [4.69, 9.17) is 9.15 Å². The van der Waals surface area contributed by atoms with E-state index in [1.54, 1.807) is 17.0 Å². The summed E-state index contributed by atoms with van der Waals surface area (Å²) in [7, 11) is 0. The predicted molar refractivity (Wildman–Crippen MR) is 99.8 cm³/mol. The van der Waals surface area contributed by atoms with Crippen LogP contribution >= 0.6 is 0 Å². The zero-order chi connectivity index (χ0) is 18.6. The minimum Gasteiger partial charge on any atom is -0.493 e. The highest BCUT2D eigenvalue weighted by Crippen LogP contribution is 2.26. The second-order valence-electron chi connectivity index (χ2n) is 7.07. The molecule has 0 N–H and O–H groups in total. The van der Waals surface area contributed by atoms with Crippen LogP contribution in [0.1, 0.15) is 34.5 Å². The van der Waals surface area contributed by atoms with Crippen LogP contribution in [0.4, 0.5) is 0 Å². The van der Waals surface area contributed by atoms with Gasteiger partial charge in [0, 0.05) is 26.2 Å². The second-order valence-corrected chi connectivity index (χ2v) is 7.07. The van der Waals surface area contributed by atoms with Gasteiger partial charge in [0.15, 0.2) is 5.76 Å². The summed E-state index contributed by atoms with van der Waals surface area (Å²) >= 11 is 0. The number of nitrogens with zero attached hydrogens (tertiary/aromatic N) is 2. The summed E-state index contributed by atoms with van der Waals surface area (Å²) in [5, 5.41) is 0. The molecule has 0 saturated carbocycles. The summed E-state index contributed by atoms with van der Waals surface area (Å²) in [5.74, 6) is 1.30. The minimum absolute atomic E-state index is 0.107. The van der Waals surface area contributed by atoms with Crippen molar-refractivity contribution in [3.63, 3.8) is 0 Å². The number of fused-ring (bicyclic) bond motifs is 1. The maximum Gasteiger partial charge on any atom is 0.289 e. The quantitative estimate of drug-likeness (QED) is 0.835. The van der Waals surface area contributed by atoms with Crippen LogP contribution in [0.3, 0.4) is 0 Å². The first-order chi connectivity index (χ1) is 13.2. The summed E-state index contributed by atoms with van der Waals surface area (Å²) in [4.78, 5) is 28.8. The first-order valence-electron chi connectivity index (χ1n) is 9.56. The largest absolute Gasteiger partial charge is 0.493 e. The van der Waals surface area contributed by atoms with Crippen LogP contribution in [0.25, 0.3) is 0 Å². The molecule has 6 nitrogen and oxygen atoms in total. The van der Waals surface area contributed by atoms with Gasteiger partial charge >= 0.3 is 0 Å².